The van der Waals surface area contributed by atoms with Gasteiger partial charge in [0.25, 0.3) is 0 Å². The number of hydrogen-bond acceptors (Lipinski definition) is 2. The average Bonchev–Trinajstić information content (AvgIpc) is 2.00. The molecule has 1 rings (SSSR count). The van der Waals surface area contributed by atoms with Gasteiger partial charge in [0.1, 0.15) is 5.82 Å². The molecule has 0 aliphatic rings. The largest absolute Gasteiger partial charge is 0.238 e. The molecule has 0 aliphatic heterocycles. The standard InChI is InChI=1S/C12H19FN2/c1-11(2,3)9-8(13)7-14-10(15-9)12(4,5)6/h7H,1-6H3. The van der Waals surface area contributed by atoms with E-state index in [4.69, 9.17) is 0 Å². The van der Waals surface area contributed by atoms with Gasteiger partial charge in [0.05, 0.1) is 11.9 Å². The monoisotopic (exact) mass is 210 g/mol. The Morgan fingerprint density at radius 3 is 1.93 bits per heavy atom. The van der Waals surface area contributed by atoms with E-state index in [1.54, 1.807) is 0 Å². The second-order valence-corrected chi connectivity index (χ2v) is 5.89. The minimum Gasteiger partial charge on any atom is -0.238 e. The van der Waals surface area contributed by atoms with E-state index in [2.05, 4.69) is 9.97 Å². The Kier molecular flexibility index (Phi) is 2.85. The minimum atomic E-state index is -0.324. The van der Waals surface area contributed by atoms with Crippen LogP contribution in [0.5, 0.6) is 0 Å². The Balaban J connectivity index is 3.30. The summed E-state index contributed by atoms with van der Waals surface area (Å²) >= 11 is 0. The molecule has 0 bridgehead atoms. The maximum absolute atomic E-state index is 13.5. The molecular formula is C12H19FN2. The normalized spacial score (nSPS) is 13.0. The van der Waals surface area contributed by atoms with Crippen molar-refractivity contribution in [3.63, 3.8) is 0 Å². The van der Waals surface area contributed by atoms with Crippen LogP contribution >= 0.6 is 0 Å². The molecule has 0 amide bonds. The summed E-state index contributed by atoms with van der Waals surface area (Å²) in [5, 5.41) is 0. The Bertz CT molecular complexity index is 359. The van der Waals surface area contributed by atoms with Crippen molar-refractivity contribution in [1.82, 2.24) is 9.97 Å². The Morgan fingerprint density at radius 1 is 1.00 bits per heavy atom. The van der Waals surface area contributed by atoms with E-state index in [0.29, 0.717) is 11.5 Å². The van der Waals surface area contributed by atoms with Crippen molar-refractivity contribution in [3.8, 4) is 0 Å². The van der Waals surface area contributed by atoms with Crippen molar-refractivity contribution in [3.05, 3.63) is 23.5 Å². The SMILES string of the molecule is CC(C)(C)c1ncc(F)c(C(C)(C)C)n1. The zero-order valence-corrected chi connectivity index (χ0v) is 10.3. The van der Waals surface area contributed by atoms with Gasteiger partial charge >= 0.3 is 0 Å². The van der Waals surface area contributed by atoms with Crippen LogP contribution < -0.4 is 0 Å². The summed E-state index contributed by atoms with van der Waals surface area (Å²) in [4.78, 5) is 8.37. The van der Waals surface area contributed by atoms with Gasteiger partial charge in [0.2, 0.25) is 0 Å². The molecule has 0 aliphatic carbocycles. The second kappa shape index (κ2) is 3.54. The zero-order chi connectivity index (χ0) is 11.9. The maximum Gasteiger partial charge on any atom is 0.163 e. The first kappa shape index (κ1) is 12.1. The lowest BCUT2D eigenvalue weighted by Gasteiger charge is -2.22. The fraction of sp³-hybridized carbons (Fsp3) is 0.667. The van der Waals surface area contributed by atoms with Crippen molar-refractivity contribution in [2.45, 2.75) is 52.4 Å². The lowest BCUT2D eigenvalue weighted by atomic mass is 9.90. The molecule has 0 N–H and O–H groups in total. The quantitative estimate of drug-likeness (QED) is 0.657. The van der Waals surface area contributed by atoms with Crippen molar-refractivity contribution in [2.24, 2.45) is 0 Å². The van der Waals surface area contributed by atoms with Crippen molar-refractivity contribution in [1.29, 1.82) is 0 Å². The van der Waals surface area contributed by atoms with Gasteiger partial charge in [-0.05, 0) is 0 Å². The summed E-state index contributed by atoms with van der Waals surface area (Å²) in [6, 6.07) is 0. The van der Waals surface area contributed by atoms with Crippen LogP contribution in [-0.4, -0.2) is 9.97 Å². The molecule has 0 unspecified atom stereocenters. The van der Waals surface area contributed by atoms with Crippen LogP contribution in [0.25, 0.3) is 0 Å². The molecule has 0 saturated carbocycles. The van der Waals surface area contributed by atoms with Crippen molar-refractivity contribution < 1.29 is 4.39 Å². The van der Waals surface area contributed by atoms with E-state index < -0.39 is 0 Å². The molecule has 0 radical (unpaired) electrons. The number of rotatable bonds is 0. The minimum absolute atomic E-state index is 0.145. The van der Waals surface area contributed by atoms with Gasteiger partial charge in [-0.3, -0.25) is 0 Å². The first-order valence-electron chi connectivity index (χ1n) is 5.16. The molecule has 0 fully saturated rings. The van der Waals surface area contributed by atoms with E-state index in [1.807, 2.05) is 41.5 Å². The third-order valence-electron chi connectivity index (χ3n) is 2.13. The Hall–Kier alpha value is -0.990. The third-order valence-corrected chi connectivity index (χ3v) is 2.13. The fourth-order valence-electron chi connectivity index (χ4n) is 1.25. The highest BCUT2D eigenvalue weighted by Gasteiger charge is 2.25. The molecule has 84 valence electrons. The molecule has 1 aromatic heterocycles. The van der Waals surface area contributed by atoms with Crippen LogP contribution in [0, 0.1) is 5.82 Å². The van der Waals surface area contributed by atoms with Crippen molar-refractivity contribution >= 4 is 0 Å². The first-order valence-corrected chi connectivity index (χ1v) is 5.16. The third kappa shape index (κ3) is 2.74. The van der Waals surface area contributed by atoms with Crippen LogP contribution in [0.2, 0.25) is 0 Å². The summed E-state index contributed by atoms with van der Waals surface area (Å²) < 4.78 is 13.5. The van der Waals surface area contributed by atoms with Gasteiger partial charge in [-0.1, -0.05) is 41.5 Å². The van der Waals surface area contributed by atoms with Gasteiger partial charge in [-0.25, -0.2) is 14.4 Å². The predicted molar refractivity (Wildman–Crippen MR) is 59.4 cm³/mol. The number of halogens is 1. The number of hydrogen-bond donors (Lipinski definition) is 0. The van der Waals surface area contributed by atoms with Gasteiger partial charge in [-0.15, -0.1) is 0 Å². The highest BCUT2D eigenvalue weighted by molar-refractivity contribution is 5.17. The lowest BCUT2D eigenvalue weighted by molar-refractivity contribution is 0.469. The van der Waals surface area contributed by atoms with Crippen LogP contribution in [0.15, 0.2) is 6.20 Å². The zero-order valence-electron chi connectivity index (χ0n) is 10.3. The van der Waals surface area contributed by atoms with Gasteiger partial charge < -0.3 is 0 Å². The second-order valence-electron chi connectivity index (χ2n) is 5.89. The van der Waals surface area contributed by atoms with Crippen LogP contribution in [-0.2, 0) is 10.8 Å². The maximum atomic E-state index is 13.5. The van der Waals surface area contributed by atoms with E-state index >= 15 is 0 Å². The summed E-state index contributed by atoms with van der Waals surface area (Å²) in [6.07, 6.45) is 1.27. The Labute approximate surface area is 91.0 Å². The smallest absolute Gasteiger partial charge is 0.163 e. The molecular weight excluding hydrogens is 191 g/mol. The summed E-state index contributed by atoms with van der Waals surface area (Å²) in [5.41, 5.74) is 0.0585. The van der Waals surface area contributed by atoms with Crippen LogP contribution in [0.1, 0.15) is 53.1 Å². The van der Waals surface area contributed by atoms with Gasteiger partial charge in [0.15, 0.2) is 5.82 Å². The topological polar surface area (TPSA) is 25.8 Å². The Morgan fingerprint density at radius 2 is 1.53 bits per heavy atom. The van der Waals surface area contributed by atoms with Gasteiger partial charge in [-0.2, -0.15) is 0 Å². The molecule has 0 aromatic carbocycles. The highest BCUT2D eigenvalue weighted by atomic mass is 19.1. The highest BCUT2D eigenvalue weighted by Crippen LogP contribution is 2.25. The number of aromatic nitrogens is 2. The molecule has 0 spiro atoms. The van der Waals surface area contributed by atoms with Gasteiger partial charge in [0, 0.05) is 10.8 Å². The molecule has 2 nitrogen and oxygen atoms in total. The first-order chi connectivity index (χ1) is 6.62. The van der Waals surface area contributed by atoms with Crippen LogP contribution in [0.3, 0.4) is 0 Å². The summed E-state index contributed by atoms with van der Waals surface area (Å²) in [6.45, 7) is 11.9. The van der Waals surface area contributed by atoms with E-state index in [-0.39, 0.29) is 16.6 Å². The van der Waals surface area contributed by atoms with Crippen molar-refractivity contribution in [2.75, 3.05) is 0 Å². The molecule has 0 saturated heterocycles. The van der Waals surface area contributed by atoms with E-state index in [1.165, 1.54) is 6.20 Å². The van der Waals surface area contributed by atoms with E-state index in [0.717, 1.165) is 0 Å². The lowest BCUT2D eigenvalue weighted by Crippen LogP contribution is -2.23. The fourth-order valence-corrected chi connectivity index (χ4v) is 1.25. The van der Waals surface area contributed by atoms with Crippen LogP contribution in [0.4, 0.5) is 4.39 Å². The molecule has 3 heteroatoms. The molecule has 1 aromatic rings. The summed E-state index contributed by atoms with van der Waals surface area (Å²) in [5.74, 6) is 0.365. The average molecular weight is 210 g/mol. The molecule has 1 heterocycles. The van der Waals surface area contributed by atoms with E-state index in [9.17, 15) is 4.39 Å². The predicted octanol–water partition coefficient (Wildman–Crippen LogP) is 3.21. The molecule has 15 heavy (non-hydrogen) atoms. The number of nitrogens with zero attached hydrogens (tertiary/aromatic N) is 2. The summed E-state index contributed by atoms with van der Waals surface area (Å²) in [7, 11) is 0. The molecule has 0 atom stereocenters.